The fraction of sp³-hybridized carbons (Fsp3) is 0.600. The van der Waals surface area contributed by atoms with E-state index in [-0.39, 0.29) is 6.10 Å². The molecule has 3 nitrogen and oxygen atoms in total. The number of halogens is 1. The molecule has 1 fully saturated rings. The highest BCUT2D eigenvalue weighted by Gasteiger charge is 2.23. The van der Waals surface area contributed by atoms with Gasteiger partial charge in [0.1, 0.15) is 0 Å². The van der Waals surface area contributed by atoms with Crippen molar-refractivity contribution in [3.05, 3.63) is 20.8 Å². The van der Waals surface area contributed by atoms with E-state index in [1.807, 2.05) is 0 Å². The molecule has 1 saturated heterocycles. The molecule has 0 aliphatic carbocycles. The maximum atomic E-state index is 9.58. The monoisotopic (exact) mass is 290 g/mol. The number of aliphatic hydroxyl groups is 1. The smallest absolute Gasteiger partial charge is 0.0716 e. The van der Waals surface area contributed by atoms with E-state index in [0.717, 1.165) is 26.2 Å². The molecule has 3 N–H and O–H groups in total. The summed E-state index contributed by atoms with van der Waals surface area (Å²) < 4.78 is 1.17. The number of β-amino-alcohol motifs (C(OH)–C–C–N with tert-alkyl or cyclic N) is 1. The van der Waals surface area contributed by atoms with E-state index in [1.165, 1.54) is 9.35 Å². The second-order valence-electron chi connectivity index (χ2n) is 3.88. The Labute approximate surface area is 102 Å². The summed E-state index contributed by atoms with van der Waals surface area (Å²) in [7, 11) is 0. The van der Waals surface area contributed by atoms with Gasteiger partial charge in [0.25, 0.3) is 0 Å². The summed E-state index contributed by atoms with van der Waals surface area (Å²) in [5.74, 6) is 0.354. The van der Waals surface area contributed by atoms with E-state index in [4.69, 9.17) is 0 Å². The van der Waals surface area contributed by atoms with Crippen molar-refractivity contribution in [1.29, 1.82) is 0 Å². The SMILES string of the molecule is OC1CNCC1CNCc1csc(Br)c1. The van der Waals surface area contributed by atoms with E-state index in [2.05, 4.69) is 38.0 Å². The molecule has 2 rings (SSSR count). The van der Waals surface area contributed by atoms with Crippen LogP contribution in [0.3, 0.4) is 0 Å². The van der Waals surface area contributed by atoms with Crippen LogP contribution in [0.25, 0.3) is 0 Å². The van der Waals surface area contributed by atoms with Crippen molar-refractivity contribution in [2.45, 2.75) is 12.6 Å². The van der Waals surface area contributed by atoms with Crippen LogP contribution in [0.5, 0.6) is 0 Å². The standard InChI is InChI=1S/C10H15BrN2OS/c11-10-1-7(6-15-10)2-12-3-8-4-13-5-9(8)14/h1,6,8-9,12-14H,2-5H2. The summed E-state index contributed by atoms with van der Waals surface area (Å²) >= 11 is 5.14. The molecule has 2 atom stereocenters. The number of rotatable bonds is 4. The third-order valence-corrected chi connectivity index (χ3v) is 4.21. The molecule has 2 unspecified atom stereocenters. The largest absolute Gasteiger partial charge is 0.391 e. The summed E-state index contributed by atoms with van der Waals surface area (Å²) in [6.45, 7) is 3.41. The molecule has 1 aliphatic heterocycles. The van der Waals surface area contributed by atoms with Crippen LogP contribution in [0.15, 0.2) is 15.2 Å². The zero-order valence-corrected chi connectivity index (χ0v) is 10.8. The van der Waals surface area contributed by atoms with Crippen LogP contribution in [0, 0.1) is 5.92 Å². The van der Waals surface area contributed by atoms with Crippen molar-refractivity contribution >= 4 is 27.3 Å². The number of hydrogen-bond acceptors (Lipinski definition) is 4. The van der Waals surface area contributed by atoms with Crippen LogP contribution in [0.2, 0.25) is 0 Å². The molecule has 15 heavy (non-hydrogen) atoms. The molecule has 5 heteroatoms. The predicted molar refractivity (Wildman–Crippen MR) is 66.1 cm³/mol. The van der Waals surface area contributed by atoms with Crippen molar-refractivity contribution in [1.82, 2.24) is 10.6 Å². The van der Waals surface area contributed by atoms with E-state index in [9.17, 15) is 5.11 Å². The molecule has 84 valence electrons. The molecule has 0 bridgehead atoms. The molecular weight excluding hydrogens is 276 g/mol. The lowest BCUT2D eigenvalue weighted by atomic mass is 10.1. The molecule has 1 aliphatic rings. The van der Waals surface area contributed by atoms with Gasteiger partial charge in [0.15, 0.2) is 0 Å². The van der Waals surface area contributed by atoms with Gasteiger partial charge in [-0.1, -0.05) is 0 Å². The zero-order chi connectivity index (χ0) is 10.7. The van der Waals surface area contributed by atoms with Gasteiger partial charge in [-0.2, -0.15) is 0 Å². The summed E-state index contributed by atoms with van der Waals surface area (Å²) in [4.78, 5) is 0. The summed E-state index contributed by atoms with van der Waals surface area (Å²) in [6.07, 6.45) is -0.188. The number of thiophene rings is 1. The Kier molecular flexibility index (Phi) is 4.16. The first-order valence-electron chi connectivity index (χ1n) is 5.08. The summed E-state index contributed by atoms with van der Waals surface area (Å²) in [5.41, 5.74) is 1.30. The second-order valence-corrected chi connectivity index (χ2v) is 6.17. The Morgan fingerprint density at radius 1 is 1.60 bits per heavy atom. The molecule has 0 radical (unpaired) electrons. The highest BCUT2D eigenvalue weighted by Crippen LogP contribution is 2.20. The first-order chi connectivity index (χ1) is 7.25. The lowest BCUT2D eigenvalue weighted by molar-refractivity contribution is 0.146. The highest BCUT2D eigenvalue weighted by molar-refractivity contribution is 9.11. The average Bonchev–Trinajstić information content (AvgIpc) is 2.77. The Morgan fingerprint density at radius 3 is 3.07 bits per heavy atom. The molecular formula is C10H15BrN2OS. The maximum Gasteiger partial charge on any atom is 0.0716 e. The normalized spacial score (nSPS) is 26.0. The number of nitrogens with one attached hydrogen (secondary N) is 2. The minimum atomic E-state index is -0.188. The van der Waals surface area contributed by atoms with Crippen LogP contribution in [-0.2, 0) is 6.54 Å². The van der Waals surface area contributed by atoms with Crippen molar-refractivity contribution in [3.8, 4) is 0 Å². The van der Waals surface area contributed by atoms with Crippen LogP contribution < -0.4 is 10.6 Å². The Balaban J connectivity index is 1.70. The first kappa shape index (κ1) is 11.5. The van der Waals surface area contributed by atoms with Crippen LogP contribution in [0.4, 0.5) is 0 Å². The Morgan fingerprint density at radius 2 is 2.47 bits per heavy atom. The average molecular weight is 291 g/mol. The predicted octanol–water partition coefficient (Wildman–Crippen LogP) is 1.18. The zero-order valence-electron chi connectivity index (χ0n) is 8.37. The summed E-state index contributed by atoms with van der Waals surface area (Å²) in [6, 6.07) is 2.13. The van der Waals surface area contributed by atoms with Gasteiger partial charge in [0.2, 0.25) is 0 Å². The topological polar surface area (TPSA) is 44.3 Å². The van der Waals surface area contributed by atoms with Gasteiger partial charge in [-0.15, -0.1) is 11.3 Å². The molecule has 1 aromatic heterocycles. The fourth-order valence-corrected chi connectivity index (χ4v) is 2.98. The molecule has 0 amide bonds. The van der Waals surface area contributed by atoms with Gasteiger partial charge in [-0.05, 0) is 32.9 Å². The minimum absolute atomic E-state index is 0.188. The van der Waals surface area contributed by atoms with Crippen molar-refractivity contribution < 1.29 is 5.11 Å². The highest BCUT2D eigenvalue weighted by atomic mass is 79.9. The molecule has 0 saturated carbocycles. The first-order valence-corrected chi connectivity index (χ1v) is 6.75. The third-order valence-electron chi connectivity index (χ3n) is 2.66. The van der Waals surface area contributed by atoms with Gasteiger partial charge in [-0.25, -0.2) is 0 Å². The molecule has 0 aromatic carbocycles. The van der Waals surface area contributed by atoms with Crippen molar-refractivity contribution in [3.63, 3.8) is 0 Å². The minimum Gasteiger partial charge on any atom is -0.391 e. The van der Waals surface area contributed by atoms with Crippen molar-refractivity contribution in [2.24, 2.45) is 5.92 Å². The number of aliphatic hydroxyl groups excluding tert-OH is 1. The number of hydrogen-bond donors (Lipinski definition) is 3. The Bertz CT molecular complexity index is 318. The maximum absolute atomic E-state index is 9.58. The fourth-order valence-electron chi connectivity index (χ4n) is 1.77. The summed E-state index contributed by atoms with van der Waals surface area (Å²) in [5, 5.41) is 18.3. The molecule has 2 heterocycles. The van der Waals surface area contributed by atoms with Gasteiger partial charge >= 0.3 is 0 Å². The quantitative estimate of drug-likeness (QED) is 0.780. The van der Waals surface area contributed by atoms with E-state index in [0.29, 0.717) is 5.92 Å². The molecule has 0 spiro atoms. The van der Waals surface area contributed by atoms with Gasteiger partial charge in [0.05, 0.1) is 9.89 Å². The van der Waals surface area contributed by atoms with E-state index in [1.54, 1.807) is 11.3 Å². The van der Waals surface area contributed by atoms with E-state index >= 15 is 0 Å². The Hall–Kier alpha value is 0.0600. The van der Waals surface area contributed by atoms with Crippen LogP contribution in [0.1, 0.15) is 5.56 Å². The van der Waals surface area contributed by atoms with Crippen molar-refractivity contribution in [2.75, 3.05) is 19.6 Å². The van der Waals surface area contributed by atoms with E-state index < -0.39 is 0 Å². The third kappa shape index (κ3) is 3.26. The van der Waals surface area contributed by atoms with Gasteiger partial charge in [0, 0.05) is 32.1 Å². The van der Waals surface area contributed by atoms with Gasteiger partial charge in [-0.3, -0.25) is 0 Å². The van der Waals surface area contributed by atoms with Crippen LogP contribution in [-0.4, -0.2) is 30.8 Å². The van der Waals surface area contributed by atoms with Gasteiger partial charge < -0.3 is 15.7 Å². The second kappa shape index (κ2) is 5.41. The lowest BCUT2D eigenvalue weighted by Gasteiger charge is -2.13. The molecule has 1 aromatic rings. The van der Waals surface area contributed by atoms with Crippen LogP contribution >= 0.6 is 27.3 Å². The lowest BCUT2D eigenvalue weighted by Crippen LogP contribution is -2.30.